The lowest BCUT2D eigenvalue weighted by Crippen LogP contribution is -2.55. The van der Waals surface area contributed by atoms with Crippen molar-refractivity contribution in [3.63, 3.8) is 0 Å². The molecule has 1 atom stereocenters. The van der Waals surface area contributed by atoms with Crippen molar-refractivity contribution in [1.29, 1.82) is 0 Å². The van der Waals surface area contributed by atoms with E-state index >= 15 is 0 Å². The average Bonchev–Trinajstić information content (AvgIpc) is 3.20. The van der Waals surface area contributed by atoms with E-state index < -0.39 is 0 Å². The van der Waals surface area contributed by atoms with Crippen LogP contribution in [-0.2, 0) is 10.2 Å². The van der Waals surface area contributed by atoms with Crippen LogP contribution in [0.1, 0.15) is 59.8 Å². The van der Waals surface area contributed by atoms with Crippen molar-refractivity contribution in [2.24, 2.45) is 0 Å². The fourth-order valence-electron chi connectivity index (χ4n) is 5.44. The Bertz CT molecular complexity index is 1250. The largest absolute Gasteiger partial charge is 0.376 e. The summed E-state index contributed by atoms with van der Waals surface area (Å²) < 4.78 is 0. The monoisotopic (exact) mass is 475 g/mol. The summed E-state index contributed by atoms with van der Waals surface area (Å²) in [5, 5.41) is 3.15. The van der Waals surface area contributed by atoms with Gasteiger partial charge in [-0.15, -0.1) is 11.3 Å². The first-order chi connectivity index (χ1) is 15.9. The number of benzene rings is 2. The number of fused-ring (bicyclic) bond motifs is 1. The van der Waals surface area contributed by atoms with E-state index in [1.54, 1.807) is 6.92 Å². The zero-order valence-electron chi connectivity index (χ0n) is 21.0. The number of thiophene rings is 1. The van der Waals surface area contributed by atoms with Gasteiger partial charge in [-0.1, -0.05) is 37.3 Å². The van der Waals surface area contributed by atoms with Crippen LogP contribution in [0.4, 0.5) is 17.1 Å². The molecule has 2 aromatic carbocycles. The first-order valence-electron chi connectivity index (χ1n) is 11.5. The molecule has 1 aliphatic heterocycles. The van der Waals surface area contributed by atoms with Crippen LogP contribution in [0.15, 0.2) is 54.6 Å². The standard InChI is InChI=1S/C28H33N3O2S/c1-18-13-14-25(34-18)26(33)29-22-15-21-23(16-24(22)30(6)7)31(19(2)32)27(3,4)17-28(21,5)20-11-9-8-10-12-20/h8-16H,17H2,1-7H3,(H,29,33). The highest BCUT2D eigenvalue weighted by Crippen LogP contribution is 2.52. The van der Waals surface area contributed by atoms with Crippen LogP contribution in [0, 0.1) is 6.92 Å². The van der Waals surface area contributed by atoms with Crippen LogP contribution in [0.25, 0.3) is 0 Å². The van der Waals surface area contributed by atoms with E-state index in [1.807, 2.05) is 55.1 Å². The second kappa shape index (κ2) is 8.58. The van der Waals surface area contributed by atoms with Gasteiger partial charge in [0.1, 0.15) is 0 Å². The molecule has 5 nitrogen and oxygen atoms in total. The van der Waals surface area contributed by atoms with Gasteiger partial charge >= 0.3 is 0 Å². The second-order valence-electron chi connectivity index (χ2n) is 10.2. The van der Waals surface area contributed by atoms with Gasteiger partial charge in [-0.25, -0.2) is 0 Å². The van der Waals surface area contributed by atoms with Gasteiger partial charge in [0.05, 0.1) is 21.9 Å². The maximum Gasteiger partial charge on any atom is 0.265 e. The lowest BCUT2D eigenvalue weighted by molar-refractivity contribution is -0.117. The predicted molar refractivity (Wildman–Crippen MR) is 143 cm³/mol. The molecule has 6 heteroatoms. The molecule has 1 unspecified atom stereocenters. The highest BCUT2D eigenvalue weighted by atomic mass is 32.1. The molecule has 0 aliphatic carbocycles. The number of hydrogen-bond donors (Lipinski definition) is 1. The van der Waals surface area contributed by atoms with Gasteiger partial charge in [0.15, 0.2) is 0 Å². The zero-order chi connectivity index (χ0) is 24.8. The van der Waals surface area contributed by atoms with Crippen LogP contribution in [0.5, 0.6) is 0 Å². The molecule has 4 rings (SSSR count). The molecule has 0 radical (unpaired) electrons. The van der Waals surface area contributed by atoms with Gasteiger partial charge in [-0.05, 0) is 62.6 Å². The molecule has 1 N–H and O–H groups in total. The Labute approximate surface area is 206 Å². The van der Waals surface area contributed by atoms with Crippen molar-refractivity contribution in [3.05, 3.63) is 75.5 Å². The highest BCUT2D eigenvalue weighted by molar-refractivity contribution is 7.14. The Morgan fingerprint density at radius 2 is 1.71 bits per heavy atom. The van der Waals surface area contributed by atoms with E-state index in [-0.39, 0.29) is 22.8 Å². The summed E-state index contributed by atoms with van der Waals surface area (Å²) in [6, 6.07) is 18.4. The maximum atomic E-state index is 13.1. The van der Waals surface area contributed by atoms with Crippen LogP contribution in [-0.4, -0.2) is 31.4 Å². The predicted octanol–water partition coefficient (Wildman–Crippen LogP) is 6.22. The molecule has 0 bridgehead atoms. The number of aryl methyl sites for hydroxylation is 1. The summed E-state index contributed by atoms with van der Waals surface area (Å²) in [4.78, 5) is 31.7. The first kappa shape index (κ1) is 24.0. The lowest BCUT2D eigenvalue weighted by atomic mass is 9.65. The van der Waals surface area contributed by atoms with Gasteiger partial charge in [0, 0.05) is 36.9 Å². The van der Waals surface area contributed by atoms with Crippen molar-refractivity contribution >= 4 is 40.2 Å². The van der Waals surface area contributed by atoms with Crippen molar-refractivity contribution in [3.8, 4) is 0 Å². The van der Waals surface area contributed by atoms with Gasteiger partial charge in [-0.3, -0.25) is 9.59 Å². The van der Waals surface area contributed by atoms with E-state index in [9.17, 15) is 9.59 Å². The fraction of sp³-hybridized carbons (Fsp3) is 0.357. The topological polar surface area (TPSA) is 52.7 Å². The molecule has 2 amide bonds. The van der Waals surface area contributed by atoms with Gasteiger partial charge in [-0.2, -0.15) is 0 Å². The Hall–Kier alpha value is -3.12. The van der Waals surface area contributed by atoms with Crippen LogP contribution in [0.3, 0.4) is 0 Å². The van der Waals surface area contributed by atoms with Crippen LogP contribution < -0.4 is 15.1 Å². The minimum atomic E-state index is -0.383. The fourth-order valence-corrected chi connectivity index (χ4v) is 6.20. The third-order valence-electron chi connectivity index (χ3n) is 6.76. The molecule has 34 heavy (non-hydrogen) atoms. The molecule has 0 saturated carbocycles. The molecular formula is C28H33N3O2S. The first-order valence-corrected chi connectivity index (χ1v) is 12.4. The third kappa shape index (κ3) is 4.11. The number of carbonyl (C=O) groups is 2. The summed E-state index contributed by atoms with van der Waals surface area (Å²) in [7, 11) is 3.91. The number of amides is 2. The highest BCUT2D eigenvalue weighted by Gasteiger charge is 2.47. The summed E-state index contributed by atoms with van der Waals surface area (Å²) in [6.07, 6.45) is 0.759. The Balaban J connectivity index is 1.94. The van der Waals surface area contributed by atoms with Gasteiger partial charge < -0.3 is 15.1 Å². The number of nitrogens with zero attached hydrogens (tertiary/aromatic N) is 2. The summed E-state index contributed by atoms with van der Waals surface area (Å²) >= 11 is 1.48. The van der Waals surface area contributed by atoms with Crippen molar-refractivity contribution in [1.82, 2.24) is 0 Å². The van der Waals surface area contributed by atoms with Crippen molar-refractivity contribution < 1.29 is 9.59 Å². The zero-order valence-corrected chi connectivity index (χ0v) is 21.8. The minimum absolute atomic E-state index is 0.0110. The van der Waals surface area contributed by atoms with Crippen molar-refractivity contribution in [2.45, 2.75) is 52.0 Å². The van der Waals surface area contributed by atoms with Gasteiger partial charge in [0.2, 0.25) is 5.91 Å². The van der Waals surface area contributed by atoms with E-state index in [1.165, 1.54) is 16.9 Å². The van der Waals surface area contributed by atoms with E-state index in [2.05, 4.69) is 56.4 Å². The number of hydrogen-bond acceptors (Lipinski definition) is 4. The molecule has 178 valence electrons. The summed E-state index contributed by atoms with van der Waals surface area (Å²) in [6.45, 7) is 10.1. The van der Waals surface area contributed by atoms with E-state index in [0.717, 1.165) is 33.9 Å². The van der Waals surface area contributed by atoms with E-state index in [4.69, 9.17) is 0 Å². The number of nitrogens with one attached hydrogen (secondary N) is 1. The van der Waals surface area contributed by atoms with Crippen LogP contribution >= 0.6 is 11.3 Å². The molecule has 1 aromatic heterocycles. The Morgan fingerprint density at radius 3 is 2.26 bits per heavy atom. The molecule has 0 fully saturated rings. The summed E-state index contributed by atoms with van der Waals surface area (Å²) in [5.74, 6) is -0.112. The molecular weight excluding hydrogens is 442 g/mol. The molecule has 0 spiro atoms. The van der Waals surface area contributed by atoms with Crippen LogP contribution in [0.2, 0.25) is 0 Å². The maximum absolute atomic E-state index is 13.1. The minimum Gasteiger partial charge on any atom is -0.376 e. The average molecular weight is 476 g/mol. The number of carbonyl (C=O) groups excluding carboxylic acids is 2. The lowest BCUT2D eigenvalue weighted by Gasteiger charge is -2.51. The number of rotatable bonds is 4. The molecule has 3 aromatic rings. The Kier molecular flexibility index (Phi) is 6.06. The summed E-state index contributed by atoms with van der Waals surface area (Å²) in [5.41, 5.74) is 4.00. The molecule has 2 heterocycles. The SMILES string of the molecule is CC(=O)N1c2cc(N(C)C)c(NC(=O)c3ccc(C)s3)cc2C(C)(c2ccccc2)CC1(C)C. The van der Waals surface area contributed by atoms with Gasteiger partial charge in [0.25, 0.3) is 5.91 Å². The smallest absolute Gasteiger partial charge is 0.265 e. The third-order valence-corrected chi connectivity index (χ3v) is 7.76. The normalized spacial score (nSPS) is 18.9. The number of anilines is 3. The quantitative estimate of drug-likeness (QED) is 0.488. The molecule has 1 aliphatic rings. The van der Waals surface area contributed by atoms with E-state index in [0.29, 0.717) is 4.88 Å². The Morgan fingerprint density at radius 1 is 1.03 bits per heavy atom. The molecule has 0 saturated heterocycles. The van der Waals surface area contributed by atoms with Crippen molar-refractivity contribution in [2.75, 3.05) is 29.2 Å². The second-order valence-corrected chi connectivity index (χ2v) is 11.5.